The maximum Gasteiger partial charge on any atom is 0.271 e. The van der Waals surface area contributed by atoms with Gasteiger partial charge in [-0.1, -0.05) is 18.5 Å². The number of carbonyl (C=O) groups is 1. The molecule has 9 heteroatoms. The fraction of sp³-hybridized carbons (Fsp3) is 0.467. The first-order valence-electron chi connectivity index (χ1n) is 7.84. The van der Waals surface area contributed by atoms with Crippen LogP contribution in [-0.4, -0.2) is 41.2 Å². The minimum Gasteiger partial charge on any atom is -0.403 e. The number of hydrogen-bond donors (Lipinski definition) is 4. The van der Waals surface area contributed by atoms with E-state index in [0.29, 0.717) is 17.8 Å². The predicted octanol–water partition coefficient (Wildman–Crippen LogP) is 0.826. The van der Waals surface area contributed by atoms with Crippen LogP contribution in [0.2, 0.25) is 5.15 Å². The molecular weight excluding hydrogens is 330 g/mol. The van der Waals surface area contributed by atoms with Crippen molar-refractivity contribution in [3.63, 3.8) is 0 Å². The van der Waals surface area contributed by atoms with Crippen molar-refractivity contribution in [2.45, 2.75) is 32.2 Å². The molecule has 0 atom stereocenters. The maximum absolute atomic E-state index is 11.6. The Morgan fingerprint density at radius 3 is 2.75 bits per heavy atom. The van der Waals surface area contributed by atoms with Gasteiger partial charge in [-0.25, -0.2) is 9.97 Å². The molecular formula is C15H22ClN7O. The molecule has 6 N–H and O–H groups in total. The molecule has 0 aromatic carbocycles. The lowest BCUT2D eigenvalue weighted by molar-refractivity contribution is 0.0996. The zero-order valence-corrected chi connectivity index (χ0v) is 14.3. The summed E-state index contributed by atoms with van der Waals surface area (Å²) >= 11 is 6.07. The molecule has 0 spiro atoms. The summed E-state index contributed by atoms with van der Waals surface area (Å²) in [6.07, 6.45) is 5.46. The summed E-state index contributed by atoms with van der Waals surface area (Å²) < 4.78 is 0. The second-order valence-corrected chi connectivity index (χ2v) is 5.74. The van der Waals surface area contributed by atoms with Crippen LogP contribution in [0.25, 0.3) is 0 Å². The van der Waals surface area contributed by atoms with E-state index in [2.05, 4.69) is 25.6 Å². The first-order chi connectivity index (χ1) is 11.5. The lowest BCUT2D eigenvalue weighted by Gasteiger charge is -2.19. The summed E-state index contributed by atoms with van der Waals surface area (Å²) in [5.41, 5.74) is 12.0. The number of nitrogens with one attached hydrogen (secondary N) is 2. The van der Waals surface area contributed by atoms with E-state index in [4.69, 9.17) is 23.1 Å². The Labute approximate surface area is 145 Å². The van der Waals surface area contributed by atoms with Gasteiger partial charge < -0.3 is 22.1 Å². The number of allylic oxidation sites excluding steroid dienone is 1. The highest BCUT2D eigenvalue weighted by molar-refractivity contribution is 6.30. The Bertz CT molecular complexity index is 653. The van der Waals surface area contributed by atoms with Gasteiger partial charge in [-0.2, -0.15) is 0 Å². The van der Waals surface area contributed by atoms with E-state index in [1.54, 1.807) is 6.21 Å². The number of hydrogen-bond acceptors (Lipinski definition) is 7. The molecule has 2 heterocycles. The second kappa shape index (κ2) is 8.60. The van der Waals surface area contributed by atoms with Crippen molar-refractivity contribution in [1.29, 1.82) is 0 Å². The van der Waals surface area contributed by atoms with Crippen molar-refractivity contribution in [2.75, 3.05) is 18.4 Å². The largest absolute Gasteiger partial charge is 0.403 e. The molecule has 1 amide bonds. The summed E-state index contributed by atoms with van der Waals surface area (Å²) in [4.78, 5) is 24.5. The Morgan fingerprint density at radius 2 is 2.17 bits per heavy atom. The van der Waals surface area contributed by atoms with Crippen LogP contribution in [0.15, 0.2) is 16.9 Å². The van der Waals surface area contributed by atoms with Crippen molar-refractivity contribution in [3.8, 4) is 0 Å². The maximum atomic E-state index is 11.6. The molecule has 0 aliphatic carbocycles. The standard InChI is InChI=1S/C15H22ClN7O/c1-2-11-13(16)23-15(12(22-11)14(18)24)21-10(7-17)8-20-9-3-5-19-6-4-9/h7-9,19H,2-6,17H2,1H3,(H2,18,24)(H,21,23). The van der Waals surface area contributed by atoms with Crippen molar-refractivity contribution in [1.82, 2.24) is 15.3 Å². The normalized spacial score (nSPS) is 16.5. The van der Waals surface area contributed by atoms with Gasteiger partial charge >= 0.3 is 0 Å². The molecule has 1 aliphatic heterocycles. The zero-order chi connectivity index (χ0) is 17.5. The molecule has 0 saturated carbocycles. The summed E-state index contributed by atoms with van der Waals surface area (Å²) in [7, 11) is 0. The molecule has 8 nitrogen and oxygen atoms in total. The Hall–Kier alpha value is -2.19. The smallest absolute Gasteiger partial charge is 0.271 e. The number of nitrogens with zero attached hydrogens (tertiary/aromatic N) is 3. The molecule has 2 rings (SSSR count). The van der Waals surface area contributed by atoms with Crippen LogP contribution in [0.1, 0.15) is 35.9 Å². The van der Waals surface area contributed by atoms with Gasteiger partial charge in [0, 0.05) is 12.4 Å². The first-order valence-corrected chi connectivity index (χ1v) is 8.22. The molecule has 130 valence electrons. The molecule has 1 fully saturated rings. The number of aliphatic imine (C=N–C) groups is 1. The molecule has 1 aromatic rings. The fourth-order valence-electron chi connectivity index (χ4n) is 2.33. The minimum absolute atomic E-state index is 0.0193. The molecule has 24 heavy (non-hydrogen) atoms. The first kappa shape index (κ1) is 18.2. The van der Waals surface area contributed by atoms with Crippen molar-refractivity contribution >= 4 is 29.5 Å². The molecule has 1 saturated heterocycles. The van der Waals surface area contributed by atoms with Gasteiger partial charge in [0.15, 0.2) is 16.7 Å². The number of amides is 1. The van der Waals surface area contributed by atoms with Gasteiger partial charge in [-0.3, -0.25) is 9.79 Å². The number of aryl methyl sites for hydroxylation is 1. The van der Waals surface area contributed by atoms with Crippen LogP contribution >= 0.6 is 11.6 Å². The summed E-state index contributed by atoms with van der Waals surface area (Å²) in [6, 6.07) is 0.246. The SMILES string of the molecule is CCc1nc(C(N)=O)c(NC(C=NC2CCNCC2)=CN)nc1Cl. The lowest BCUT2D eigenvalue weighted by Crippen LogP contribution is -2.30. The fourth-order valence-corrected chi connectivity index (χ4v) is 2.59. The van der Waals surface area contributed by atoms with Crippen molar-refractivity contribution in [3.05, 3.63) is 28.4 Å². The summed E-state index contributed by atoms with van der Waals surface area (Å²) in [6.45, 7) is 3.76. The number of rotatable bonds is 6. The van der Waals surface area contributed by atoms with Crippen LogP contribution in [0.3, 0.4) is 0 Å². The van der Waals surface area contributed by atoms with E-state index in [0.717, 1.165) is 25.9 Å². The highest BCUT2D eigenvalue weighted by atomic mass is 35.5. The third kappa shape index (κ3) is 4.65. The summed E-state index contributed by atoms with van der Waals surface area (Å²) in [5, 5.41) is 6.42. The van der Waals surface area contributed by atoms with E-state index in [9.17, 15) is 4.79 Å². The lowest BCUT2D eigenvalue weighted by atomic mass is 10.1. The zero-order valence-electron chi connectivity index (χ0n) is 13.6. The van der Waals surface area contributed by atoms with E-state index in [1.807, 2.05) is 6.92 Å². The number of aromatic nitrogens is 2. The van der Waals surface area contributed by atoms with Crippen LogP contribution in [0.4, 0.5) is 5.82 Å². The van der Waals surface area contributed by atoms with Gasteiger partial charge in [-0.15, -0.1) is 0 Å². The number of anilines is 1. The molecule has 1 aromatic heterocycles. The van der Waals surface area contributed by atoms with Crippen LogP contribution < -0.4 is 22.1 Å². The predicted molar refractivity (Wildman–Crippen MR) is 95.2 cm³/mol. The van der Waals surface area contributed by atoms with Crippen molar-refractivity contribution < 1.29 is 4.79 Å². The third-order valence-corrected chi connectivity index (χ3v) is 3.97. The summed E-state index contributed by atoms with van der Waals surface area (Å²) in [5.74, 6) is -0.527. The number of carbonyl (C=O) groups excluding carboxylic acids is 1. The Morgan fingerprint density at radius 1 is 1.46 bits per heavy atom. The number of nitrogens with two attached hydrogens (primary N) is 2. The van der Waals surface area contributed by atoms with Gasteiger partial charge in [0.05, 0.1) is 17.4 Å². The van der Waals surface area contributed by atoms with Crippen molar-refractivity contribution in [2.24, 2.45) is 16.5 Å². The van der Waals surface area contributed by atoms with Crippen LogP contribution in [-0.2, 0) is 6.42 Å². The van der Waals surface area contributed by atoms with Gasteiger partial charge in [-0.05, 0) is 32.4 Å². The van der Waals surface area contributed by atoms with Crippen LogP contribution in [0, 0.1) is 0 Å². The molecule has 0 radical (unpaired) electrons. The molecule has 1 aliphatic rings. The highest BCUT2D eigenvalue weighted by Gasteiger charge is 2.17. The second-order valence-electron chi connectivity index (χ2n) is 5.38. The Kier molecular flexibility index (Phi) is 6.51. The molecule has 0 bridgehead atoms. The number of primary amides is 1. The van der Waals surface area contributed by atoms with E-state index in [1.165, 1.54) is 6.20 Å². The number of piperidine rings is 1. The highest BCUT2D eigenvalue weighted by Crippen LogP contribution is 2.19. The average Bonchev–Trinajstić information content (AvgIpc) is 2.59. The van der Waals surface area contributed by atoms with Gasteiger partial charge in [0.25, 0.3) is 5.91 Å². The van der Waals surface area contributed by atoms with Gasteiger partial charge in [0.2, 0.25) is 0 Å². The third-order valence-electron chi connectivity index (χ3n) is 3.66. The van der Waals surface area contributed by atoms with E-state index >= 15 is 0 Å². The monoisotopic (exact) mass is 351 g/mol. The van der Waals surface area contributed by atoms with Crippen LogP contribution in [0.5, 0.6) is 0 Å². The molecule has 0 unspecified atom stereocenters. The Balaban J connectivity index is 2.19. The average molecular weight is 352 g/mol. The minimum atomic E-state index is -0.692. The quantitative estimate of drug-likeness (QED) is 0.561. The van der Waals surface area contributed by atoms with Gasteiger partial charge in [0.1, 0.15) is 0 Å². The number of halogens is 1. The topological polar surface area (TPSA) is 131 Å². The van der Waals surface area contributed by atoms with E-state index in [-0.39, 0.29) is 22.7 Å². The van der Waals surface area contributed by atoms with E-state index < -0.39 is 5.91 Å².